The van der Waals surface area contributed by atoms with Gasteiger partial charge in [-0.05, 0) is 49.9 Å². The second-order valence-corrected chi connectivity index (χ2v) is 9.26. The number of rotatable bonds is 5. The SMILES string of the molecule is Cc1ccc(S(=O)(=O)N(CC(=O)N2CCNCC2)C2CCCC2)cc1C. The first-order chi connectivity index (χ1) is 12.4. The number of aryl methyl sites for hydroxylation is 2. The maximum atomic E-state index is 13.3. The van der Waals surface area contributed by atoms with Gasteiger partial charge in [-0.25, -0.2) is 8.42 Å². The Bertz CT molecular complexity index is 751. The van der Waals surface area contributed by atoms with E-state index in [1.165, 1.54) is 4.31 Å². The molecule has 1 saturated heterocycles. The first-order valence-corrected chi connectivity index (χ1v) is 10.9. The summed E-state index contributed by atoms with van der Waals surface area (Å²) in [7, 11) is -3.69. The van der Waals surface area contributed by atoms with Gasteiger partial charge in [-0.1, -0.05) is 18.9 Å². The van der Waals surface area contributed by atoms with Crippen molar-refractivity contribution in [3.63, 3.8) is 0 Å². The second-order valence-electron chi connectivity index (χ2n) is 7.37. The van der Waals surface area contributed by atoms with E-state index in [-0.39, 0.29) is 18.5 Å². The lowest BCUT2D eigenvalue weighted by Crippen LogP contribution is -2.51. The van der Waals surface area contributed by atoms with E-state index in [0.717, 1.165) is 49.9 Å². The number of nitrogens with one attached hydrogen (secondary N) is 1. The van der Waals surface area contributed by atoms with E-state index in [4.69, 9.17) is 0 Å². The minimum absolute atomic E-state index is 0.0556. The Hall–Kier alpha value is -1.44. The van der Waals surface area contributed by atoms with E-state index in [0.29, 0.717) is 18.0 Å². The summed E-state index contributed by atoms with van der Waals surface area (Å²) in [5, 5.41) is 3.22. The van der Waals surface area contributed by atoms with Crippen LogP contribution in [0, 0.1) is 13.8 Å². The molecule has 0 bridgehead atoms. The Balaban J connectivity index is 1.87. The molecule has 2 aliphatic rings. The van der Waals surface area contributed by atoms with Gasteiger partial charge in [0, 0.05) is 32.2 Å². The number of benzene rings is 1. The second kappa shape index (κ2) is 8.06. The van der Waals surface area contributed by atoms with Crippen LogP contribution >= 0.6 is 0 Å². The minimum Gasteiger partial charge on any atom is -0.339 e. The van der Waals surface area contributed by atoms with Crippen LogP contribution in [0.4, 0.5) is 0 Å². The highest BCUT2D eigenvalue weighted by atomic mass is 32.2. The Morgan fingerprint density at radius 2 is 1.81 bits per heavy atom. The number of hydrogen-bond donors (Lipinski definition) is 1. The predicted molar refractivity (Wildman–Crippen MR) is 102 cm³/mol. The quantitative estimate of drug-likeness (QED) is 0.845. The third-order valence-electron chi connectivity index (χ3n) is 5.58. The minimum atomic E-state index is -3.69. The zero-order valence-electron chi connectivity index (χ0n) is 15.7. The van der Waals surface area contributed by atoms with Crippen LogP contribution in [0.15, 0.2) is 23.1 Å². The van der Waals surface area contributed by atoms with Gasteiger partial charge in [0.15, 0.2) is 0 Å². The normalized spacial score (nSPS) is 19.3. The molecule has 2 fully saturated rings. The van der Waals surface area contributed by atoms with Crippen LogP contribution in [0.2, 0.25) is 0 Å². The van der Waals surface area contributed by atoms with Crippen LogP contribution < -0.4 is 5.32 Å². The van der Waals surface area contributed by atoms with E-state index in [2.05, 4.69) is 5.32 Å². The van der Waals surface area contributed by atoms with E-state index in [1.807, 2.05) is 19.9 Å². The van der Waals surface area contributed by atoms with Crippen LogP contribution in [0.5, 0.6) is 0 Å². The lowest BCUT2D eigenvalue weighted by Gasteiger charge is -2.32. The lowest BCUT2D eigenvalue weighted by atomic mass is 10.1. The third-order valence-corrected chi connectivity index (χ3v) is 7.47. The molecular weight excluding hydrogens is 350 g/mol. The summed E-state index contributed by atoms with van der Waals surface area (Å²) in [6, 6.07) is 5.15. The summed E-state index contributed by atoms with van der Waals surface area (Å²) in [6.45, 7) is 6.63. The highest BCUT2D eigenvalue weighted by Gasteiger charge is 2.36. The van der Waals surface area contributed by atoms with Crippen molar-refractivity contribution in [2.24, 2.45) is 0 Å². The number of sulfonamides is 1. The molecule has 6 nitrogen and oxygen atoms in total. The van der Waals surface area contributed by atoms with Crippen molar-refractivity contribution in [3.8, 4) is 0 Å². The van der Waals surface area contributed by atoms with E-state index >= 15 is 0 Å². The van der Waals surface area contributed by atoms with Crippen molar-refractivity contribution in [1.29, 1.82) is 0 Å². The molecule has 1 aliphatic carbocycles. The summed E-state index contributed by atoms with van der Waals surface area (Å²) in [5.41, 5.74) is 2.01. The number of carbonyl (C=O) groups excluding carboxylic acids is 1. The fourth-order valence-electron chi connectivity index (χ4n) is 3.76. The Morgan fingerprint density at radius 1 is 1.15 bits per heavy atom. The molecule has 26 heavy (non-hydrogen) atoms. The molecule has 1 aliphatic heterocycles. The van der Waals surface area contributed by atoms with Gasteiger partial charge in [-0.15, -0.1) is 0 Å². The standard InChI is InChI=1S/C19H29N3O3S/c1-15-7-8-18(13-16(15)2)26(24,25)22(17-5-3-4-6-17)14-19(23)21-11-9-20-10-12-21/h7-8,13,17,20H,3-6,9-12,14H2,1-2H3. The molecule has 1 N–H and O–H groups in total. The summed E-state index contributed by atoms with van der Waals surface area (Å²) < 4.78 is 28.2. The molecule has 1 aromatic carbocycles. The maximum Gasteiger partial charge on any atom is 0.243 e. The average Bonchev–Trinajstić information content (AvgIpc) is 3.16. The molecule has 1 heterocycles. The van der Waals surface area contributed by atoms with Gasteiger partial charge in [0.05, 0.1) is 11.4 Å². The first-order valence-electron chi connectivity index (χ1n) is 9.47. The van der Waals surface area contributed by atoms with E-state index in [9.17, 15) is 13.2 Å². The van der Waals surface area contributed by atoms with Crippen LogP contribution in [0.3, 0.4) is 0 Å². The van der Waals surface area contributed by atoms with Crippen LogP contribution in [0.25, 0.3) is 0 Å². The van der Waals surface area contributed by atoms with Crippen molar-refractivity contribution in [1.82, 2.24) is 14.5 Å². The largest absolute Gasteiger partial charge is 0.339 e. The zero-order chi connectivity index (χ0) is 18.7. The van der Waals surface area contributed by atoms with Crippen LogP contribution in [0.1, 0.15) is 36.8 Å². The molecule has 3 rings (SSSR count). The smallest absolute Gasteiger partial charge is 0.243 e. The molecule has 1 aromatic rings. The molecule has 7 heteroatoms. The van der Waals surface area contributed by atoms with E-state index < -0.39 is 10.0 Å². The third kappa shape index (κ3) is 4.10. The highest BCUT2D eigenvalue weighted by Crippen LogP contribution is 2.29. The van der Waals surface area contributed by atoms with Gasteiger partial charge >= 0.3 is 0 Å². The van der Waals surface area contributed by atoms with Crippen LogP contribution in [-0.2, 0) is 14.8 Å². The number of hydrogen-bond acceptors (Lipinski definition) is 4. The van der Waals surface area contributed by atoms with Crippen molar-refractivity contribution < 1.29 is 13.2 Å². The lowest BCUT2D eigenvalue weighted by molar-refractivity contribution is -0.132. The van der Waals surface area contributed by atoms with Gasteiger partial charge in [-0.3, -0.25) is 4.79 Å². The molecule has 0 aromatic heterocycles. The fourth-order valence-corrected chi connectivity index (χ4v) is 5.48. The molecular formula is C19H29N3O3S. The number of carbonyl (C=O) groups is 1. The average molecular weight is 380 g/mol. The van der Waals surface area contributed by atoms with Crippen molar-refractivity contribution in [3.05, 3.63) is 29.3 Å². The van der Waals surface area contributed by atoms with Gasteiger partial charge < -0.3 is 10.2 Å². The molecule has 144 valence electrons. The maximum absolute atomic E-state index is 13.3. The molecule has 0 atom stereocenters. The molecule has 0 spiro atoms. The number of nitrogens with zero attached hydrogens (tertiary/aromatic N) is 2. The molecule has 1 amide bonds. The first kappa shape index (κ1) is 19.3. The summed E-state index contributed by atoms with van der Waals surface area (Å²) in [6.07, 6.45) is 3.70. The Kier molecular flexibility index (Phi) is 5.99. The molecule has 1 saturated carbocycles. The van der Waals surface area contributed by atoms with Crippen LogP contribution in [-0.4, -0.2) is 62.3 Å². The van der Waals surface area contributed by atoms with Gasteiger partial charge in [0.1, 0.15) is 0 Å². The number of piperazine rings is 1. The van der Waals surface area contributed by atoms with E-state index in [1.54, 1.807) is 17.0 Å². The highest BCUT2D eigenvalue weighted by molar-refractivity contribution is 7.89. The summed E-state index contributed by atoms with van der Waals surface area (Å²) in [4.78, 5) is 14.8. The molecule has 0 unspecified atom stereocenters. The Labute approximate surface area is 156 Å². The number of amides is 1. The van der Waals surface area contributed by atoms with Gasteiger partial charge in [-0.2, -0.15) is 4.31 Å². The summed E-state index contributed by atoms with van der Waals surface area (Å²) in [5.74, 6) is -0.0918. The van der Waals surface area contributed by atoms with Crippen molar-refractivity contribution >= 4 is 15.9 Å². The Morgan fingerprint density at radius 3 is 2.42 bits per heavy atom. The summed E-state index contributed by atoms with van der Waals surface area (Å²) >= 11 is 0. The van der Waals surface area contributed by atoms with Gasteiger partial charge in [0.25, 0.3) is 0 Å². The van der Waals surface area contributed by atoms with Crippen molar-refractivity contribution in [2.75, 3.05) is 32.7 Å². The van der Waals surface area contributed by atoms with Gasteiger partial charge in [0.2, 0.25) is 15.9 Å². The predicted octanol–water partition coefficient (Wildman–Crippen LogP) is 1.67. The molecule has 0 radical (unpaired) electrons. The zero-order valence-corrected chi connectivity index (χ0v) is 16.5. The van der Waals surface area contributed by atoms with Crippen molar-refractivity contribution in [2.45, 2.75) is 50.5 Å². The fraction of sp³-hybridized carbons (Fsp3) is 0.632. The monoisotopic (exact) mass is 379 g/mol. The topological polar surface area (TPSA) is 69.7 Å².